The average molecular weight is 257 g/mol. The molecule has 0 unspecified atom stereocenters. The van der Waals surface area contributed by atoms with Gasteiger partial charge in [-0.15, -0.1) is 0 Å². The summed E-state index contributed by atoms with van der Waals surface area (Å²) in [6.45, 7) is 9.85. The van der Waals surface area contributed by atoms with Crippen molar-refractivity contribution in [1.29, 1.82) is 0 Å². The van der Waals surface area contributed by atoms with E-state index < -0.39 is 0 Å². The smallest absolute Gasteiger partial charge is 0.0172 e. The van der Waals surface area contributed by atoms with E-state index in [-0.39, 0.29) is 5.54 Å². The van der Waals surface area contributed by atoms with Crippen molar-refractivity contribution >= 4 is 6.08 Å². The maximum absolute atomic E-state index is 3.56. The average Bonchev–Trinajstić information content (AvgIpc) is 3.18. The fraction of sp³-hybridized carbons (Fsp3) is 0.556. The van der Waals surface area contributed by atoms with Crippen LogP contribution in [0.1, 0.15) is 64.0 Å². The fourth-order valence-corrected chi connectivity index (χ4v) is 2.17. The Labute approximate surface area is 118 Å². The van der Waals surface area contributed by atoms with Gasteiger partial charge in [-0.3, -0.25) is 0 Å². The Morgan fingerprint density at radius 1 is 1.21 bits per heavy atom. The molecule has 0 atom stereocenters. The van der Waals surface area contributed by atoms with Crippen molar-refractivity contribution in [2.45, 2.75) is 58.4 Å². The van der Waals surface area contributed by atoms with Gasteiger partial charge < -0.3 is 5.32 Å². The zero-order valence-electron chi connectivity index (χ0n) is 12.8. The molecule has 0 saturated heterocycles. The van der Waals surface area contributed by atoms with Gasteiger partial charge in [0, 0.05) is 12.1 Å². The third-order valence-corrected chi connectivity index (χ3v) is 3.66. The van der Waals surface area contributed by atoms with E-state index >= 15 is 0 Å². The first-order chi connectivity index (χ1) is 8.98. The van der Waals surface area contributed by atoms with Crippen LogP contribution in [0.4, 0.5) is 0 Å². The minimum Gasteiger partial charge on any atom is -0.308 e. The van der Waals surface area contributed by atoms with Crippen LogP contribution in [0, 0.1) is 0 Å². The summed E-state index contributed by atoms with van der Waals surface area (Å²) in [6.07, 6.45) is 6.19. The van der Waals surface area contributed by atoms with Gasteiger partial charge >= 0.3 is 0 Å². The topological polar surface area (TPSA) is 12.0 Å². The van der Waals surface area contributed by atoms with E-state index in [1.165, 1.54) is 29.5 Å². The van der Waals surface area contributed by atoms with Gasteiger partial charge in [0.1, 0.15) is 0 Å². The molecule has 0 amide bonds. The monoisotopic (exact) mass is 257 g/mol. The zero-order valence-corrected chi connectivity index (χ0v) is 12.8. The lowest BCUT2D eigenvalue weighted by molar-refractivity contribution is 0.443. The van der Waals surface area contributed by atoms with E-state index in [1.54, 1.807) is 0 Å². The van der Waals surface area contributed by atoms with Crippen molar-refractivity contribution in [2.24, 2.45) is 0 Å². The lowest BCUT2D eigenvalue weighted by Crippen LogP contribution is -2.36. The van der Waals surface area contributed by atoms with E-state index in [0.717, 1.165) is 18.9 Å². The van der Waals surface area contributed by atoms with Crippen molar-refractivity contribution in [3.63, 3.8) is 0 Å². The minimum absolute atomic E-state index is 0.185. The maximum Gasteiger partial charge on any atom is 0.0172 e. The molecule has 0 aliphatic heterocycles. The second-order valence-corrected chi connectivity index (χ2v) is 6.70. The van der Waals surface area contributed by atoms with Crippen LogP contribution >= 0.6 is 0 Å². The van der Waals surface area contributed by atoms with Crippen LogP contribution < -0.4 is 5.32 Å². The number of hydrogen-bond donors (Lipinski definition) is 1. The number of rotatable bonds is 5. The van der Waals surface area contributed by atoms with Crippen molar-refractivity contribution in [3.8, 4) is 0 Å². The van der Waals surface area contributed by atoms with Gasteiger partial charge in [0.15, 0.2) is 0 Å². The summed E-state index contributed by atoms with van der Waals surface area (Å²) >= 11 is 0. The Morgan fingerprint density at radius 2 is 1.84 bits per heavy atom. The van der Waals surface area contributed by atoms with E-state index in [1.807, 2.05) is 0 Å². The summed E-state index contributed by atoms with van der Waals surface area (Å²) < 4.78 is 0. The predicted octanol–water partition coefficient (Wildman–Crippen LogP) is 4.75. The van der Waals surface area contributed by atoms with Gasteiger partial charge in [-0.05, 0) is 57.1 Å². The molecular weight excluding hydrogens is 230 g/mol. The van der Waals surface area contributed by atoms with Crippen LogP contribution in [0.5, 0.6) is 0 Å². The molecule has 0 aromatic heterocycles. The molecule has 104 valence electrons. The summed E-state index contributed by atoms with van der Waals surface area (Å²) in [7, 11) is 0. The molecule has 0 radical (unpaired) electrons. The molecule has 1 nitrogen and oxygen atoms in total. The van der Waals surface area contributed by atoms with Crippen LogP contribution in [-0.2, 0) is 0 Å². The van der Waals surface area contributed by atoms with Crippen LogP contribution in [0.2, 0.25) is 0 Å². The highest BCUT2D eigenvalue weighted by Crippen LogP contribution is 2.39. The summed E-state index contributed by atoms with van der Waals surface area (Å²) in [5.74, 6) is 0.853. The summed E-state index contributed by atoms with van der Waals surface area (Å²) in [5, 5.41) is 3.56. The SMILES string of the molecule is CCC(=Cc1ccc(C2CC2)cc1)CNC(C)(C)C. The van der Waals surface area contributed by atoms with Gasteiger partial charge in [0.05, 0.1) is 0 Å². The van der Waals surface area contributed by atoms with Crippen LogP contribution in [0.25, 0.3) is 6.08 Å². The van der Waals surface area contributed by atoms with E-state index in [4.69, 9.17) is 0 Å². The molecule has 1 aliphatic carbocycles. The molecule has 1 fully saturated rings. The lowest BCUT2D eigenvalue weighted by Gasteiger charge is -2.21. The van der Waals surface area contributed by atoms with Gasteiger partial charge in [0.2, 0.25) is 0 Å². The minimum atomic E-state index is 0.185. The quantitative estimate of drug-likeness (QED) is 0.803. The molecule has 1 aliphatic rings. The van der Waals surface area contributed by atoms with E-state index in [0.29, 0.717) is 0 Å². The van der Waals surface area contributed by atoms with Crippen LogP contribution in [0.15, 0.2) is 29.8 Å². The molecule has 0 spiro atoms. The van der Waals surface area contributed by atoms with Gasteiger partial charge in [-0.25, -0.2) is 0 Å². The first-order valence-electron chi connectivity index (χ1n) is 7.52. The summed E-state index contributed by atoms with van der Waals surface area (Å²) in [6, 6.07) is 9.13. The second-order valence-electron chi connectivity index (χ2n) is 6.70. The molecule has 1 N–H and O–H groups in total. The normalized spacial score (nSPS) is 16.7. The molecule has 0 heterocycles. The molecule has 0 bridgehead atoms. The van der Waals surface area contributed by atoms with Crippen LogP contribution in [-0.4, -0.2) is 12.1 Å². The fourth-order valence-electron chi connectivity index (χ4n) is 2.17. The lowest BCUT2D eigenvalue weighted by atomic mass is 10.0. The Balaban J connectivity index is 2.00. The van der Waals surface area contributed by atoms with Gasteiger partial charge in [-0.2, -0.15) is 0 Å². The van der Waals surface area contributed by atoms with Gasteiger partial charge in [-0.1, -0.05) is 42.8 Å². The third-order valence-electron chi connectivity index (χ3n) is 3.66. The maximum atomic E-state index is 3.56. The van der Waals surface area contributed by atoms with Crippen LogP contribution in [0.3, 0.4) is 0 Å². The second kappa shape index (κ2) is 5.92. The first kappa shape index (κ1) is 14.3. The molecule has 1 aromatic carbocycles. The molecule has 2 rings (SSSR count). The third kappa shape index (κ3) is 4.83. The number of benzene rings is 1. The summed E-state index contributed by atoms with van der Waals surface area (Å²) in [4.78, 5) is 0. The number of hydrogen-bond acceptors (Lipinski definition) is 1. The highest BCUT2D eigenvalue weighted by Gasteiger charge is 2.22. The highest BCUT2D eigenvalue weighted by molar-refractivity contribution is 5.54. The molecule has 1 aromatic rings. The summed E-state index contributed by atoms with van der Waals surface area (Å²) in [5.41, 5.74) is 4.50. The van der Waals surface area contributed by atoms with Crippen molar-refractivity contribution in [1.82, 2.24) is 5.32 Å². The van der Waals surface area contributed by atoms with Gasteiger partial charge in [0.25, 0.3) is 0 Å². The Kier molecular flexibility index (Phi) is 4.46. The standard InChI is InChI=1S/C18H27N/c1-5-14(13-19-18(2,3)4)12-15-6-8-16(9-7-15)17-10-11-17/h6-9,12,17,19H,5,10-11,13H2,1-4H3. The Bertz CT molecular complexity index is 430. The van der Waals surface area contributed by atoms with E-state index in [2.05, 4.69) is 63.4 Å². The number of nitrogens with one attached hydrogen (secondary N) is 1. The molecule has 1 saturated carbocycles. The Morgan fingerprint density at radius 3 is 2.32 bits per heavy atom. The molecule has 19 heavy (non-hydrogen) atoms. The zero-order chi connectivity index (χ0) is 13.9. The first-order valence-corrected chi connectivity index (χ1v) is 7.52. The Hall–Kier alpha value is -1.08. The van der Waals surface area contributed by atoms with E-state index in [9.17, 15) is 0 Å². The largest absolute Gasteiger partial charge is 0.308 e. The predicted molar refractivity (Wildman–Crippen MR) is 84.4 cm³/mol. The van der Waals surface area contributed by atoms with Crippen molar-refractivity contribution in [2.75, 3.05) is 6.54 Å². The van der Waals surface area contributed by atoms with Crippen molar-refractivity contribution < 1.29 is 0 Å². The highest BCUT2D eigenvalue weighted by atomic mass is 14.9. The van der Waals surface area contributed by atoms with Crippen molar-refractivity contribution in [3.05, 3.63) is 41.0 Å². The molecular formula is C18H27N. The molecule has 1 heteroatoms.